The predicted molar refractivity (Wildman–Crippen MR) is 291 cm³/mol. The second-order valence-corrected chi connectivity index (χ2v) is 21.3. The van der Waals surface area contributed by atoms with Crippen LogP contribution in [0.2, 0.25) is 0 Å². The molecule has 0 aromatic heterocycles. The minimum absolute atomic E-state index is 0.0128. The molecule has 68 heavy (non-hydrogen) atoms. The third kappa shape index (κ3) is 14.6. The van der Waals surface area contributed by atoms with Crippen molar-refractivity contribution >= 4 is 98.7 Å². The zero-order valence-electron chi connectivity index (χ0n) is 41.7. The van der Waals surface area contributed by atoms with Gasteiger partial charge in [0, 0.05) is 64.5 Å². The van der Waals surface area contributed by atoms with Crippen molar-refractivity contribution in [2.45, 2.75) is 220 Å². The second kappa shape index (κ2) is 28.8. The van der Waals surface area contributed by atoms with Gasteiger partial charge in [-0.2, -0.15) is 0 Å². The molecule has 0 spiro atoms. The first-order valence-corrected chi connectivity index (χ1v) is 28.2. The number of hydrogen-bond donors (Lipinski definition) is 4. The summed E-state index contributed by atoms with van der Waals surface area (Å²) in [5.74, 6) is -2.90. The van der Waals surface area contributed by atoms with Crippen molar-refractivity contribution in [2.75, 3.05) is 0 Å². The molecule has 0 aliphatic heterocycles. The van der Waals surface area contributed by atoms with Crippen LogP contribution in [0.15, 0.2) is 45.3 Å². The summed E-state index contributed by atoms with van der Waals surface area (Å²) in [6.07, 6.45) is 31.7. The van der Waals surface area contributed by atoms with Crippen LogP contribution in [0.5, 0.6) is 0 Å². The van der Waals surface area contributed by atoms with Crippen LogP contribution in [0.1, 0.15) is 249 Å². The van der Waals surface area contributed by atoms with Gasteiger partial charge in [0.05, 0.1) is 11.1 Å². The number of nitrogens with one attached hydrogen (secondary N) is 2. The Labute approximate surface area is 423 Å². The molecule has 5 aromatic carbocycles. The molecule has 372 valence electrons. The molecule has 0 saturated heterocycles. The first kappa shape index (κ1) is 55.2. The van der Waals surface area contributed by atoms with Crippen LogP contribution in [0.25, 0.3) is 43.1 Å². The van der Waals surface area contributed by atoms with Crippen molar-refractivity contribution < 1.29 is 29.4 Å². The van der Waals surface area contributed by atoms with Gasteiger partial charge >= 0.3 is 11.9 Å². The van der Waals surface area contributed by atoms with Gasteiger partial charge in [-0.05, 0) is 60.7 Å². The van der Waals surface area contributed by atoms with Crippen LogP contribution in [0.4, 0.5) is 0 Å². The van der Waals surface area contributed by atoms with E-state index in [1.165, 1.54) is 115 Å². The van der Waals surface area contributed by atoms with Crippen molar-refractivity contribution in [1.29, 1.82) is 0 Å². The average Bonchev–Trinajstić information content (AvgIpc) is 3.32. The number of carboxylic acids is 2. The predicted octanol–water partition coefficient (Wildman–Crippen LogP) is 17.9. The fraction of sp³-hybridized carbons (Fsp3) is 0.586. The molecule has 0 aliphatic rings. The van der Waals surface area contributed by atoms with E-state index in [1.54, 1.807) is 6.07 Å². The first-order valence-electron chi connectivity index (χ1n) is 26.7. The fourth-order valence-corrected chi connectivity index (χ4v) is 11.8. The molecule has 0 atom stereocenters. The molecule has 0 fully saturated rings. The summed E-state index contributed by atoms with van der Waals surface area (Å²) < 4.78 is 1.09. The van der Waals surface area contributed by atoms with Crippen molar-refractivity contribution in [3.63, 3.8) is 0 Å². The number of carboxylic acid groups (broad SMARTS) is 2. The van der Waals surface area contributed by atoms with Crippen LogP contribution in [0.3, 0.4) is 0 Å². The molecule has 8 nitrogen and oxygen atoms in total. The van der Waals surface area contributed by atoms with Crippen molar-refractivity contribution in [3.05, 3.63) is 67.6 Å². The Morgan fingerprint density at radius 2 is 0.706 bits per heavy atom. The summed E-state index contributed by atoms with van der Waals surface area (Å²) in [4.78, 5) is 55.7. The number of carbonyl (C=O) groups excluding carboxylic acids is 2. The molecule has 0 saturated carbocycles. The quantitative estimate of drug-likeness (QED) is 0.0184. The normalized spacial score (nSPS) is 11.9. The van der Waals surface area contributed by atoms with E-state index in [4.69, 9.17) is 0 Å². The number of benzene rings is 5. The molecule has 0 heterocycles. The van der Waals surface area contributed by atoms with Crippen LogP contribution in [0, 0.1) is 0 Å². The van der Waals surface area contributed by atoms with Gasteiger partial charge < -0.3 is 20.8 Å². The molecule has 0 bridgehead atoms. The number of aromatic carboxylic acids is 2. The Hall–Kier alpha value is -3.76. The third-order valence-corrected chi connectivity index (χ3v) is 15.5. The van der Waals surface area contributed by atoms with Gasteiger partial charge in [0.15, 0.2) is 0 Å². The Morgan fingerprint density at radius 3 is 1.07 bits per heavy atom. The topological polar surface area (TPSA) is 133 Å². The summed E-state index contributed by atoms with van der Waals surface area (Å²) in [5.41, 5.74) is 0.589. The largest absolute Gasteiger partial charge is 0.478 e. The van der Waals surface area contributed by atoms with Gasteiger partial charge in [-0.1, -0.05) is 226 Å². The van der Waals surface area contributed by atoms with E-state index in [9.17, 15) is 19.8 Å². The number of fused-ring (bicyclic) bond motifs is 2. The Kier molecular flexibility index (Phi) is 23.4. The molecule has 2 amide bonds. The highest BCUT2D eigenvalue weighted by Crippen LogP contribution is 2.49. The van der Waals surface area contributed by atoms with Gasteiger partial charge in [0.1, 0.15) is 0 Å². The molecule has 0 radical (unpaired) electrons. The molecule has 0 aliphatic carbocycles. The average molecular weight is 1060 g/mol. The van der Waals surface area contributed by atoms with Crippen molar-refractivity contribution in [2.24, 2.45) is 0 Å². The number of unbranched alkanes of at least 4 members (excludes halogenated alkanes) is 20. The van der Waals surface area contributed by atoms with E-state index >= 15 is 9.59 Å². The van der Waals surface area contributed by atoms with Crippen molar-refractivity contribution in [3.8, 4) is 0 Å². The zero-order valence-corrected chi connectivity index (χ0v) is 44.9. The number of amides is 2. The lowest BCUT2D eigenvalue weighted by Crippen LogP contribution is -2.36. The van der Waals surface area contributed by atoms with Gasteiger partial charge in [0.25, 0.3) is 11.8 Å². The van der Waals surface area contributed by atoms with Crippen LogP contribution in [-0.2, 0) is 0 Å². The summed E-state index contributed by atoms with van der Waals surface area (Å²) >= 11 is 7.60. The SMILES string of the molecule is CCCCCCCCC(CCCCCCCC)NC(=O)c1ccc2c3c(Br)cc(C(=O)O)c4c(C(=O)O)ccc(c5c(Br)cc(C(=O)NC(CCCCCCCC)CCCCCCCC)c1c25)c43. The summed E-state index contributed by atoms with van der Waals surface area (Å²) in [7, 11) is 0. The smallest absolute Gasteiger partial charge is 0.336 e. The summed E-state index contributed by atoms with van der Waals surface area (Å²) in [6.45, 7) is 8.93. The monoisotopic (exact) mass is 1060 g/mol. The number of rotatable bonds is 34. The van der Waals surface area contributed by atoms with E-state index in [1.807, 2.05) is 18.2 Å². The number of hydrogen-bond acceptors (Lipinski definition) is 4. The molecule has 0 unspecified atom stereocenters. The maximum Gasteiger partial charge on any atom is 0.336 e. The zero-order chi connectivity index (χ0) is 49.0. The molecule has 5 aromatic rings. The van der Waals surface area contributed by atoms with Gasteiger partial charge in [0.2, 0.25) is 0 Å². The summed E-state index contributed by atoms with van der Waals surface area (Å²) in [5, 5.41) is 32.3. The highest BCUT2D eigenvalue weighted by Gasteiger charge is 2.29. The highest BCUT2D eigenvalue weighted by molar-refractivity contribution is 9.11. The van der Waals surface area contributed by atoms with E-state index in [0.29, 0.717) is 57.8 Å². The van der Waals surface area contributed by atoms with E-state index in [-0.39, 0.29) is 40.4 Å². The molecular formula is C58H80Br2N2O6. The lowest BCUT2D eigenvalue weighted by Gasteiger charge is -2.24. The maximum atomic E-state index is 15.1. The summed E-state index contributed by atoms with van der Waals surface area (Å²) in [6, 6.07) is 10.2. The molecule has 4 N–H and O–H groups in total. The lowest BCUT2D eigenvalue weighted by molar-refractivity contribution is 0.0695. The molecule has 5 rings (SSSR count). The number of halogens is 2. The van der Waals surface area contributed by atoms with Crippen LogP contribution in [-0.4, -0.2) is 46.0 Å². The highest BCUT2D eigenvalue weighted by atomic mass is 79.9. The van der Waals surface area contributed by atoms with Crippen LogP contribution >= 0.6 is 31.9 Å². The van der Waals surface area contributed by atoms with Gasteiger partial charge in [-0.15, -0.1) is 0 Å². The van der Waals surface area contributed by atoms with E-state index in [0.717, 1.165) is 77.0 Å². The Bertz CT molecular complexity index is 2400. The minimum atomic E-state index is -1.24. The van der Waals surface area contributed by atoms with Gasteiger partial charge in [-0.3, -0.25) is 9.59 Å². The number of carbonyl (C=O) groups is 4. The van der Waals surface area contributed by atoms with E-state index in [2.05, 4.69) is 70.2 Å². The second-order valence-electron chi connectivity index (χ2n) is 19.6. The minimum Gasteiger partial charge on any atom is -0.478 e. The molecular weight excluding hydrogens is 980 g/mol. The third-order valence-electron chi connectivity index (χ3n) is 14.3. The maximum absolute atomic E-state index is 15.1. The Balaban J connectivity index is 1.66. The van der Waals surface area contributed by atoms with E-state index < -0.39 is 11.9 Å². The first-order chi connectivity index (χ1) is 33.0. The van der Waals surface area contributed by atoms with Crippen LogP contribution < -0.4 is 10.6 Å². The lowest BCUT2D eigenvalue weighted by atomic mass is 9.84. The fourth-order valence-electron chi connectivity index (χ4n) is 10.5. The standard InChI is InChI=1S/C58H80Br2N2O6/c1-5-9-13-17-21-25-29-39(30-26-22-18-14-10-6-2)61-55(63)43-35-33-41-52-48(60)38-46(58(67)68)50-44(57(65)66)36-34-42(54(50)52)51-47(59)37-45(49(43)53(41)51)56(64)62-40(31-27-23-19-15-11-7-3)32-28-24-20-16-12-8-4/h33-40H,5-32H2,1-4H3,(H,61,63)(H,62,64)(H,65,66)(H,67,68). The molecule has 10 heteroatoms. The van der Waals surface area contributed by atoms with Gasteiger partial charge in [-0.25, -0.2) is 9.59 Å². The Morgan fingerprint density at radius 1 is 0.397 bits per heavy atom. The van der Waals surface area contributed by atoms with Crippen molar-refractivity contribution in [1.82, 2.24) is 10.6 Å².